The molecule has 0 heterocycles. The number of amides is 1. The van der Waals surface area contributed by atoms with Crippen molar-refractivity contribution >= 4 is 29.2 Å². The van der Waals surface area contributed by atoms with E-state index in [4.69, 9.17) is 16.7 Å². The van der Waals surface area contributed by atoms with Crippen LogP contribution in [0.3, 0.4) is 0 Å². The summed E-state index contributed by atoms with van der Waals surface area (Å²) in [6, 6.07) is 6.51. The van der Waals surface area contributed by atoms with Crippen molar-refractivity contribution in [3.05, 3.63) is 41.9 Å². The van der Waals surface area contributed by atoms with E-state index in [-0.39, 0.29) is 12.5 Å². The second-order valence-corrected chi connectivity index (χ2v) is 4.21. The van der Waals surface area contributed by atoms with Gasteiger partial charge in [0, 0.05) is 17.3 Å². The van der Waals surface area contributed by atoms with Crippen molar-refractivity contribution < 1.29 is 14.7 Å². The van der Waals surface area contributed by atoms with Gasteiger partial charge in [0.15, 0.2) is 0 Å². The lowest BCUT2D eigenvalue weighted by atomic mass is 10.2. The fourth-order valence-electron chi connectivity index (χ4n) is 1.48. The maximum Gasteiger partial charge on any atom is 0.323 e. The number of hydrogen-bond donors (Lipinski definition) is 2. The molecule has 1 amide bonds. The fraction of sp³-hybridized carbons (Fsp3) is 0.231. The predicted octanol–water partition coefficient (Wildman–Crippen LogP) is 1.53. The number of carboxylic acid groups (broad SMARTS) is 1. The number of halogens is 1. The Bertz CT molecular complexity index is 477. The van der Waals surface area contributed by atoms with Crippen LogP contribution >= 0.6 is 11.6 Å². The van der Waals surface area contributed by atoms with Crippen LogP contribution in [0.15, 0.2) is 36.9 Å². The molecule has 2 N–H and O–H groups in total. The van der Waals surface area contributed by atoms with E-state index in [2.05, 4.69) is 11.9 Å². The Balaban J connectivity index is 2.84. The molecule has 1 aromatic rings. The van der Waals surface area contributed by atoms with Crippen molar-refractivity contribution in [1.29, 1.82) is 0 Å². The Hall–Kier alpha value is -1.85. The summed E-state index contributed by atoms with van der Waals surface area (Å²) in [4.78, 5) is 24.0. The lowest BCUT2D eigenvalue weighted by molar-refractivity contribution is -0.136. The van der Waals surface area contributed by atoms with Crippen molar-refractivity contribution in [2.75, 3.05) is 24.5 Å². The summed E-state index contributed by atoms with van der Waals surface area (Å²) >= 11 is 5.84. The molecule has 0 fully saturated rings. The predicted molar refractivity (Wildman–Crippen MR) is 74.5 cm³/mol. The van der Waals surface area contributed by atoms with Crippen molar-refractivity contribution in [1.82, 2.24) is 5.32 Å². The van der Waals surface area contributed by atoms with Crippen LogP contribution in [0, 0.1) is 0 Å². The molecule has 0 bridgehead atoms. The van der Waals surface area contributed by atoms with Crippen LogP contribution in [0.25, 0.3) is 0 Å². The Morgan fingerprint density at radius 2 is 2.21 bits per heavy atom. The maximum atomic E-state index is 12.0. The largest absolute Gasteiger partial charge is 0.480 e. The molecule has 0 aromatic heterocycles. The molecule has 0 saturated heterocycles. The monoisotopic (exact) mass is 282 g/mol. The van der Waals surface area contributed by atoms with E-state index in [1.807, 2.05) is 0 Å². The van der Waals surface area contributed by atoms with Gasteiger partial charge in [0.1, 0.15) is 6.54 Å². The third-order valence-corrected chi connectivity index (χ3v) is 2.51. The molecular weight excluding hydrogens is 268 g/mol. The highest BCUT2D eigenvalue weighted by molar-refractivity contribution is 6.30. The van der Waals surface area contributed by atoms with E-state index in [9.17, 15) is 9.59 Å². The summed E-state index contributed by atoms with van der Waals surface area (Å²) < 4.78 is 0. The summed E-state index contributed by atoms with van der Waals surface area (Å²) in [5, 5.41) is 12.2. The van der Waals surface area contributed by atoms with Gasteiger partial charge in [0.2, 0.25) is 5.91 Å². The van der Waals surface area contributed by atoms with Crippen LogP contribution in [-0.2, 0) is 9.59 Å². The minimum absolute atomic E-state index is 0.0335. The molecule has 1 aromatic carbocycles. The lowest BCUT2D eigenvalue weighted by Crippen LogP contribution is -2.41. The molecule has 5 nitrogen and oxygen atoms in total. The Labute approximate surface area is 116 Å². The molecule has 0 saturated carbocycles. The zero-order valence-electron chi connectivity index (χ0n) is 10.3. The number of rotatable bonds is 7. The summed E-state index contributed by atoms with van der Waals surface area (Å²) in [6.45, 7) is 3.62. The highest BCUT2D eigenvalue weighted by Crippen LogP contribution is 2.19. The number of nitrogens with one attached hydrogen (secondary N) is 1. The number of carboxylic acids is 1. The standard InChI is InChI=1S/C13H15ClN2O3/c1-2-6-15-8-12(17)16(9-13(18)19)11-5-3-4-10(14)7-11/h2-5,7,15H,1,6,8-9H2,(H,18,19). The molecule has 102 valence electrons. The van der Waals surface area contributed by atoms with Crippen molar-refractivity contribution in [3.8, 4) is 0 Å². The molecule has 1 rings (SSSR count). The number of benzene rings is 1. The van der Waals surface area contributed by atoms with Gasteiger partial charge in [-0.25, -0.2) is 0 Å². The summed E-state index contributed by atoms with van der Waals surface area (Å²) in [5.41, 5.74) is 0.459. The fourth-order valence-corrected chi connectivity index (χ4v) is 1.66. The first-order valence-electron chi connectivity index (χ1n) is 5.64. The lowest BCUT2D eigenvalue weighted by Gasteiger charge is -2.21. The second kappa shape index (κ2) is 7.56. The SMILES string of the molecule is C=CCNCC(=O)N(CC(=O)O)c1cccc(Cl)c1. The van der Waals surface area contributed by atoms with E-state index in [1.165, 1.54) is 4.90 Å². The van der Waals surface area contributed by atoms with Crippen LogP contribution < -0.4 is 10.2 Å². The molecule has 0 unspecified atom stereocenters. The highest BCUT2D eigenvalue weighted by Gasteiger charge is 2.18. The zero-order chi connectivity index (χ0) is 14.3. The van der Waals surface area contributed by atoms with Crippen LogP contribution in [0.1, 0.15) is 0 Å². The molecule has 0 spiro atoms. The van der Waals surface area contributed by atoms with Crippen molar-refractivity contribution in [2.45, 2.75) is 0 Å². The number of aliphatic carboxylic acids is 1. The number of anilines is 1. The van der Waals surface area contributed by atoms with Crippen molar-refractivity contribution in [2.24, 2.45) is 0 Å². The third-order valence-electron chi connectivity index (χ3n) is 2.28. The van der Waals surface area contributed by atoms with Crippen LogP contribution in [0.2, 0.25) is 5.02 Å². The average molecular weight is 283 g/mol. The molecule has 0 radical (unpaired) electrons. The Morgan fingerprint density at radius 3 is 2.79 bits per heavy atom. The number of carbonyl (C=O) groups excluding carboxylic acids is 1. The van der Waals surface area contributed by atoms with E-state index < -0.39 is 12.5 Å². The molecule has 6 heteroatoms. The molecule has 0 atom stereocenters. The minimum Gasteiger partial charge on any atom is -0.480 e. The normalized spacial score (nSPS) is 9.95. The zero-order valence-corrected chi connectivity index (χ0v) is 11.1. The topological polar surface area (TPSA) is 69.6 Å². The van der Waals surface area contributed by atoms with E-state index >= 15 is 0 Å². The van der Waals surface area contributed by atoms with E-state index in [1.54, 1.807) is 30.3 Å². The second-order valence-electron chi connectivity index (χ2n) is 3.77. The maximum absolute atomic E-state index is 12.0. The van der Waals surface area contributed by atoms with E-state index in [0.717, 1.165) is 0 Å². The molecule has 0 aliphatic heterocycles. The van der Waals surface area contributed by atoms with Gasteiger partial charge in [-0.1, -0.05) is 23.7 Å². The van der Waals surface area contributed by atoms with Crippen LogP contribution in [0.4, 0.5) is 5.69 Å². The number of carbonyl (C=O) groups is 2. The van der Waals surface area contributed by atoms with Crippen LogP contribution in [-0.4, -0.2) is 36.6 Å². The first-order valence-corrected chi connectivity index (χ1v) is 6.01. The molecule has 19 heavy (non-hydrogen) atoms. The quantitative estimate of drug-likeness (QED) is 0.588. The Morgan fingerprint density at radius 1 is 1.47 bits per heavy atom. The van der Waals surface area contributed by atoms with Gasteiger partial charge in [-0.2, -0.15) is 0 Å². The van der Waals surface area contributed by atoms with Gasteiger partial charge in [0.05, 0.1) is 6.54 Å². The minimum atomic E-state index is -1.09. The summed E-state index contributed by atoms with van der Waals surface area (Å²) in [5.74, 6) is -1.43. The van der Waals surface area contributed by atoms with Gasteiger partial charge in [-0.15, -0.1) is 6.58 Å². The van der Waals surface area contributed by atoms with Gasteiger partial charge in [-0.05, 0) is 18.2 Å². The molecule has 0 aliphatic carbocycles. The smallest absolute Gasteiger partial charge is 0.323 e. The first kappa shape index (κ1) is 15.2. The average Bonchev–Trinajstić information content (AvgIpc) is 2.36. The van der Waals surface area contributed by atoms with Gasteiger partial charge < -0.3 is 15.3 Å². The molecule has 0 aliphatic rings. The first-order chi connectivity index (χ1) is 9.04. The van der Waals surface area contributed by atoms with Gasteiger partial charge in [-0.3, -0.25) is 9.59 Å². The van der Waals surface area contributed by atoms with Crippen LogP contribution in [0.5, 0.6) is 0 Å². The molecular formula is C13H15ClN2O3. The summed E-state index contributed by atoms with van der Waals surface area (Å²) in [7, 11) is 0. The summed E-state index contributed by atoms with van der Waals surface area (Å²) in [6.07, 6.45) is 1.62. The Kier molecular flexibility index (Phi) is 6.05. The van der Waals surface area contributed by atoms with Gasteiger partial charge >= 0.3 is 5.97 Å². The number of nitrogens with zero attached hydrogens (tertiary/aromatic N) is 1. The number of hydrogen-bond acceptors (Lipinski definition) is 3. The van der Waals surface area contributed by atoms with Crippen molar-refractivity contribution in [3.63, 3.8) is 0 Å². The van der Waals surface area contributed by atoms with Gasteiger partial charge in [0.25, 0.3) is 0 Å². The van der Waals surface area contributed by atoms with E-state index in [0.29, 0.717) is 17.3 Å². The third kappa shape index (κ3) is 5.11. The highest BCUT2D eigenvalue weighted by atomic mass is 35.5.